The quantitative estimate of drug-likeness (QED) is 0.486. The monoisotopic (exact) mass is 247 g/mol. The third-order valence-corrected chi connectivity index (χ3v) is 4.03. The Morgan fingerprint density at radius 2 is 2.19 bits per heavy atom. The lowest BCUT2D eigenvalue weighted by Crippen LogP contribution is -2.39. The SMILES string of the molecule is C=CCS(=O)(=O)N(CC(=O)OCC)C1CC1. The molecule has 1 fully saturated rings. The summed E-state index contributed by atoms with van der Waals surface area (Å²) in [6, 6.07) is -0.0330. The van der Waals surface area contributed by atoms with Crippen molar-refractivity contribution in [1.82, 2.24) is 4.31 Å². The number of rotatable bonds is 7. The van der Waals surface area contributed by atoms with Crippen LogP contribution in [-0.4, -0.2) is 43.6 Å². The average molecular weight is 247 g/mol. The molecule has 1 rings (SSSR count). The van der Waals surface area contributed by atoms with Crippen LogP contribution in [0.25, 0.3) is 0 Å². The molecule has 0 aromatic carbocycles. The third kappa shape index (κ3) is 3.61. The van der Waals surface area contributed by atoms with Crippen LogP contribution < -0.4 is 0 Å². The van der Waals surface area contributed by atoms with Gasteiger partial charge in [-0.2, -0.15) is 4.31 Å². The number of sulfonamides is 1. The number of ether oxygens (including phenoxy) is 1. The fourth-order valence-corrected chi connectivity index (χ4v) is 2.85. The van der Waals surface area contributed by atoms with Crippen LogP contribution in [0.15, 0.2) is 12.7 Å². The molecule has 5 nitrogen and oxygen atoms in total. The van der Waals surface area contributed by atoms with Crippen LogP contribution in [0.4, 0.5) is 0 Å². The zero-order valence-corrected chi connectivity index (χ0v) is 10.2. The topological polar surface area (TPSA) is 63.7 Å². The highest BCUT2D eigenvalue weighted by atomic mass is 32.2. The number of hydrogen-bond donors (Lipinski definition) is 0. The van der Waals surface area contributed by atoms with Crippen molar-refractivity contribution in [2.45, 2.75) is 25.8 Å². The summed E-state index contributed by atoms with van der Waals surface area (Å²) in [6.07, 6.45) is 2.96. The maximum atomic E-state index is 11.8. The second-order valence-electron chi connectivity index (χ2n) is 3.65. The highest BCUT2D eigenvalue weighted by Gasteiger charge is 2.37. The van der Waals surface area contributed by atoms with Crippen molar-refractivity contribution >= 4 is 16.0 Å². The van der Waals surface area contributed by atoms with Crippen molar-refractivity contribution < 1.29 is 17.9 Å². The lowest BCUT2D eigenvalue weighted by atomic mass is 10.6. The van der Waals surface area contributed by atoms with E-state index in [9.17, 15) is 13.2 Å². The van der Waals surface area contributed by atoms with E-state index in [0.717, 1.165) is 12.8 Å². The molecule has 0 aromatic heterocycles. The predicted octanol–water partition coefficient (Wildman–Crippen LogP) is 0.530. The number of carbonyl (C=O) groups excluding carboxylic acids is 1. The van der Waals surface area contributed by atoms with E-state index in [2.05, 4.69) is 6.58 Å². The van der Waals surface area contributed by atoms with Gasteiger partial charge in [0.1, 0.15) is 6.54 Å². The average Bonchev–Trinajstić information content (AvgIpc) is 2.97. The Kier molecular flexibility index (Phi) is 4.49. The number of hydrogen-bond acceptors (Lipinski definition) is 4. The van der Waals surface area contributed by atoms with Gasteiger partial charge in [-0.05, 0) is 19.8 Å². The standard InChI is InChI=1S/C10H17NO4S/c1-3-7-16(13,14)11(9-5-6-9)8-10(12)15-4-2/h3,9H,1,4-8H2,2H3. The summed E-state index contributed by atoms with van der Waals surface area (Å²) in [4.78, 5) is 11.3. The Morgan fingerprint density at radius 3 is 2.62 bits per heavy atom. The molecule has 0 aliphatic heterocycles. The smallest absolute Gasteiger partial charge is 0.321 e. The molecule has 0 heterocycles. The first-order chi connectivity index (χ1) is 7.51. The first-order valence-corrected chi connectivity index (χ1v) is 6.88. The van der Waals surface area contributed by atoms with E-state index >= 15 is 0 Å². The van der Waals surface area contributed by atoms with Crippen LogP contribution in [0, 0.1) is 0 Å². The Balaban J connectivity index is 2.67. The zero-order valence-electron chi connectivity index (χ0n) is 9.39. The summed E-state index contributed by atoms with van der Waals surface area (Å²) in [6.45, 7) is 5.17. The highest BCUT2D eigenvalue weighted by Crippen LogP contribution is 2.29. The maximum absolute atomic E-state index is 11.8. The van der Waals surface area contributed by atoms with Gasteiger partial charge in [0.15, 0.2) is 0 Å². The molecule has 0 amide bonds. The molecule has 16 heavy (non-hydrogen) atoms. The fourth-order valence-electron chi connectivity index (χ4n) is 1.40. The van der Waals surface area contributed by atoms with Gasteiger partial charge in [-0.3, -0.25) is 4.79 Å². The predicted molar refractivity (Wildman–Crippen MR) is 60.3 cm³/mol. The summed E-state index contributed by atoms with van der Waals surface area (Å²) < 4.78 is 29.6. The normalized spacial score (nSPS) is 16.1. The maximum Gasteiger partial charge on any atom is 0.321 e. The minimum absolute atomic E-state index is 0.0330. The van der Waals surface area contributed by atoms with Crippen molar-refractivity contribution in [2.24, 2.45) is 0 Å². The van der Waals surface area contributed by atoms with Gasteiger partial charge >= 0.3 is 5.97 Å². The van der Waals surface area contributed by atoms with Crippen LogP contribution in [0.5, 0.6) is 0 Å². The fraction of sp³-hybridized carbons (Fsp3) is 0.700. The molecule has 0 unspecified atom stereocenters. The van der Waals surface area contributed by atoms with E-state index in [4.69, 9.17) is 4.74 Å². The Morgan fingerprint density at radius 1 is 1.56 bits per heavy atom. The number of nitrogens with zero attached hydrogens (tertiary/aromatic N) is 1. The lowest BCUT2D eigenvalue weighted by molar-refractivity contribution is -0.143. The minimum Gasteiger partial charge on any atom is -0.465 e. The van der Waals surface area contributed by atoms with Crippen LogP contribution in [0.3, 0.4) is 0 Å². The van der Waals surface area contributed by atoms with E-state index in [-0.39, 0.29) is 24.9 Å². The van der Waals surface area contributed by atoms with Gasteiger partial charge in [0.05, 0.1) is 12.4 Å². The molecule has 1 aliphatic carbocycles. The Hall–Kier alpha value is -0.880. The van der Waals surface area contributed by atoms with E-state index in [0.29, 0.717) is 0 Å². The van der Waals surface area contributed by atoms with E-state index in [1.54, 1.807) is 6.92 Å². The Labute approximate surface area is 96.1 Å². The Bertz CT molecular complexity index is 359. The van der Waals surface area contributed by atoms with Gasteiger partial charge in [0, 0.05) is 6.04 Å². The minimum atomic E-state index is -3.41. The first kappa shape index (κ1) is 13.2. The highest BCUT2D eigenvalue weighted by molar-refractivity contribution is 7.89. The summed E-state index contributed by atoms with van der Waals surface area (Å²) >= 11 is 0. The van der Waals surface area contributed by atoms with E-state index < -0.39 is 16.0 Å². The van der Waals surface area contributed by atoms with Crippen LogP contribution in [0.1, 0.15) is 19.8 Å². The van der Waals surface area contributed by atoms with Crippen molar-refractivity contribution in [1.29, 1.82) is 0 Å². The molecule has 0 radical (unpaired) electrons. The molecule has 1 aliphatic rings. The summed E-state index contributed by atoms with van der Waals surface area (Å²) in [5, 5.41) is 0. The van der Waals surface area contributed by atoms with Gasteiger partial charge in [0.2, 0.25) is 10.0 Å². The number of carbonyl (C=O) groups is 1. The van der Waals surface area contributed by atoms with Crippen LogP contribution >= 0.6 is 0 Å². The molecule has 6 heteroatoms. The van der Waals surface area contributed by atoms with E-state index in [1.165, 1.54) is 10.4 Å². The zero-order chi connectivity index (χ0) is 12.2. The number of esters is 1. The molecular weight excluding hydrogens is 230 g/mol. The largest absolute Gasteiger partial charge is 0.465 e. The molecule has 0 saturated heterocycles. The molecule has 0 N–H and O–H groups in total. The molecule has 0 atom stereocenters. The molecular formula is C10H17NO4S. The molecule has 0 bridgehead atoms. The summed E-state index contributed by atoms with van der Waals surface area (Å²) in [7, 11) is -3.41. The van der Waals surface area contributed by atoms with Crippen molar-refractivity contribution in [3.05, 3.63) is 12.7 Å². The van der Waals surface area contributed by atoms with Gasteiger partial charge in [0.25, 0.3) is 0 Å². The molecule has 1 saturated carbocycles. The molecule has 92 valence electrons. The van der Waals surface area contributed by atoms with Crippen LogP contribution in [0.2, 0.25) is 0 Å². The molecule has 0 spiro atoms. The first-order valence-electron chi connectivity index (χ1n) is 5.27. The molecule has 0 aromatic rings. The van der Waals surface area contributed by atoms with E-state index in [1.807, 2.05) is 0 Å². The van der Waals surface area contributed by atoms with Crippen molar-refractivity contribution in [2.75, 3.05) is 18.9 Å². The third-order valence-electron chi connectivity index (χ3n) is 2.23. The second kappa shape index (κ2) is 5.45. The second-order valence-corrected chi connectivity index (χ2v) is 5.61. The summed E-state index contributed by atoms with van der Waals surface area (Å²) in [5.41, 5.74) is 0. The van der Waals surface area contributed by atoms with Crippen LogP contribution in [-0.2, 0) is 19.6 Å². The van der Waals surface area contributed by atoms with Gasteiger partial charge in [-0.25, -0.2) is 8.42 Å². The summed E-state index contributed by atoms with van der Waals surface area (Å²) in [5.74, 6) is -0.634. The van der Waals surface area contributed by atoms with Gasteiger partial charge in [-0.1, -0.05) is 6.08 Å². The van der Waals surface area contributed by atoms with Crippen molar-refractivity contribution in [3.63, 3.8) is 0 Å². The van der Waals surface area contributed by atoms with Gasteiger partial charge < -0.3 is 4.74 Å². The lowest BCUT2D eigenvalue weighted by Gasteiger charge is -2.19. The van der Waals surface area contributed by atoms with Gasteiger partial charge in [-0.15, -0.1) is 6.58 Å². The van der Waals surface area contributed by atoms with Crippen molar-refractivity contribution in [3.8, 4) is 0 Å².